The maximum atomic E-state index is 11.9. The molecule has 0 saturated carbocycles. The van der Waals surface area contributed by atoms with E-state index in [2.05, 4.69) is 25.7 Å². The number of aromatic nitrogens is 3. The fourth-order valence-electron chi connectivity index (χ4n) is 1.40. The summed E-state index contributed by atoms with van der Waals surface area (Å²) in [6.07, 6.45) is 2.65. The van der Waals surface area contributed by atoms with Gasteiger partial charge in [-0.3, -0.25) is 14.7 Å². The van der Waals surface area contributed by atoms with E-state index in [0.717, 1.165) is 6.07 Å². The summed E-state index contributed by atoms with van der Waals surface area (Å²) in [6.45, 7) is 0. The van der Waals surface area contributed by atoms with Crippen LogP contribution in [0.2, 0.25) is 0 Å². The van der Waals surface area contributed by atoms with E-state index in [9.17, 15) is 9.59 Å². The van der Waals surface area contributed by atoms with Crippen molar-refractivity contribution in [2.45, 2.75) is 0 Å². The molecule has 0 bridgehead atoms. The molecule has 0 aliphatic rings. The van der Waals surface area contributed by atoms with Crippen molar-refractivity contribution in [3.05, 3.63) is 46.0 Å². The lowest BCUT2D eigenvalue weighted by molar-refractivity contribution is 0.102. The molecule has 98 valence electrons. The van der Waals surface area contributed by atoms with Crippen LogP contribution in [0, 0.1) is 0 Å². The first-order valence-electron chi connectivity index (χ1n) is 5.13. The first kappa shape index (κ1) is 12.4. The zero-order chi connectivity index (χ0) is 13.8. The first-order valence-corrected chi connectivity index (χ1v) is 5.13. The molecule has 0 radical (unpaired) electrons. The van der Waals surface area contributed by atoms with Crippen molar-refractivity contribution in [3.63, 3.8) is 0 Å². The molecule has 0 aliphatic heterocycles. The number of oxime groups is 1. The zero-order valence-corrected chi connectivity index (χ0v) is 9.54. The van der Waals surface area contributed by atoms with E-state index in [1.807, 2.05) is 0 Å². The van der Waals surface area contributed by atoms with Gasteiger partial charge in [-0.25, -0.2) is 0 Å². The fraction of sp³-hybridized carbons (Fsp3) is 0. The average molecular weight is 262 g/mol. The number of pyridine rings is 1. The number of carbonyl (C=O) groups is 1. The molecule has 19 heavy (non-hydrogen) atoms. The van der Waals surface area contributed by atoms with Gasteiger partial charge in [0.25, 0.3) is 5.91 Å². The molecular formula is C10H10N6O3. The Morgan fingerprint density at radius 1 is 1.53 bits per heavy atom. The van der Waals surface area contributed by atoms with Gasteiger partial charge in [-0.2, -0.15) is 5.10 Å². The van der Waals surface area contributed by atoms with E-state index >= 15 is 0 Å². The van der Waals surface area contributed by atoms with E-state index in [0.29, 0.717) is 0 Å². The molecule has 9 heteroatoms. The maximum absolute atomic E-state index is 11.9. The molecule has 0 aliphatic carbocycles. The second kappa shape index (κ2) is 5.04. The minimum atomic E-state index is -0.526. The number of carbonyl (C=O) groups excluding carboxylic acids is 1. The summed E-state index contributed by atoms with van der Waals surface area (Å²) in [7, 11) is 0. The molecule has 2 aromatic rings. The summed E-state index contributed by atoms with van der Waals surface area (Å²) in [4.78, 5) is 25.4. The Morgan fingerprint density at radius 2 is 2.32 bits per heavy atom. The Morgan fingerprint density at radius 3 is 3.00 bits per heavy atom. The summed E-state index contributed by atoms with van der Waals surface area (Å²) < 4.78 is 0. The van der Waals surface area contributed by atoms with Crippen LogP contribution in [0.25, 0.3) is 0 Å². The second-order valence-corrected chi connectivity index (χ2v) is 3.54. The summed E-state index contributed by atoms with van der Waals surface area (Å²) in [5.41, 5.74) is 5.42. The second-order valence-electron chi connectivity index (χ2n) is 3.54. The number of aromatic amines is 2. The van der Waals surface area contributed by atoms with E-state index in [1.54, 1.807) is 0 Å². The van der Waals surface area contributed by atoms with Gasteiger partial charge in [0.1, 0.15) is 5.82 Å². The number of hydrogen-bond donors (Lipinski definition) is 5. The number of nitrogens with two attached hydrogens (primary N) is 1. The van der Waals surface area contributed by atoms with Gasteiger partial charge in [-0.15, -0.1) is 0 Å². The van der Waals surface area contributed by atoms with Crippen LogP contribution in [-0.2, 0) is 0 Å². The van der Waals surface area contributed by atoms with Crippen LogP contribution in [0.1, 0.15) is 15.9 Å². The molecule has 1 amide bonds. The molecule has 6 N–H and O–H groups in total. The molecule has 2 heterocycles. The Balaban J connectivity index is 2.25. The third-order valence-corrected chi connectivity index (χ3v) is 2.30. The van der Waals surface area contributed by atoms with Crippen LogP contribution in [0.4, 0.5) is 5.82 Å². The number of nitrogens with one attached hydrogen (secondary N) is 3. The molecule has 0 unspecified atom stereocenters. The van der Waals surface area contributed by atoms with Gasteiger partial charge in [0, 0.05) is 17.8 Å². The van der Waals surface area contributed by atoms with Crippen molar-refractivity contribution in [1.29, 1.82) is 0 Å². The van der Waals surface area contributed by atoms with Crippen LogP contribution < -0.4 is 16.6 Å². The van der Waals surface area contributed by atoms with Crippen molar-refractivity contribution < 1.29 is 10.0 Å². The van der Waals surface area contributed by atoms with Crippen LogP contribution in [0.5, 0.6) is 0 Å². The van der Waals surface area contributed by atoms with Crippen molar-refractivity contribution in [1.82, 2.24) is 15.2 Å². The van der Waals surface area contributed by atoms with E-state index in [-0.39, 0.29) is 22.8 Å². The Hall–Kier alpha value is -3.10. The lowest BCUT2D eigenvalue weighted by Crippen LogP contribution is -2.19. The summed E-state index contributed by atoms with van der Waals surface area (Å²) in [5.74, 6) is -0.558. The topological polar surface area (TPSA) is 149 Å². The van der Waals surface area contributed by atoms with Crippen molar-refractivity contribution in [2.75, 3.05) is 5.32 Å². The largest absolute Gasteiger partial charge is 0.409 e. The van der Waals surface area contributed by atoms with Gasteiger partial charge in [0.2, 0.25) is 5.56 Å². The van der Waals surface area contributed by atoms with Crippen LogP contribution in [0.15, 0.2) is 34.5 Å². The Kier molecular flexibility index (Phi) is 3.28. The summed E-state index contributed by atoms with van der Waals surface area (Å²) in [5, 5.41) is 20.0. The third-order valence-electron chi connectivity index (χ3n) is 2.30. The highest BCUT2D eigenvalue weighted by Gasteiger charge is 2.13. The zero-order valence-electron chi connectivity index (χ0n) is 9.54. The van der Waals surface area contributed by atoms with Gasteiger partial charge >= 0.3 is 0 Å². The molecule has 9 nitrogen and oxygen atoms in total. The Labute approximate surface area is 106 Å². The Bertz CT molecular complexity index is 686. The predicted octanol–water partition coefficient (Wildman–Crippen LogP) is -0.555. The number of anilines is 1. The molecule has 0 spiro atoms. The molecule has 0 saturated heterocycles. The lowest BCUT2D eigenvalue weighted by Gasteiger charge is -2.04. The SMILES string of the molecule is N/C(=N/O)c1cn[nH]c1NC(=O)c1cc[nH]c(=O)c1. The highest BCUT2D eigenvalue weighted by atomic mass is 16.4. The number of amidine groups is 1. The fourth-order valence-corrected chi connectivity index (χ4v) is 1.40. The van der Waals surface area contributed by atoms with Crippen molar-refractivity contribution in [2.24, 2.45) is 10.9 Å². The van der Waals surface area contributed by atoms with Gasteiger partial charge < -0.3 is 21.2 Å². The van der Waals surface area contributed by atoms with Crippen LogP contribution in [-0.4, -0.2) is 32.1 Å². The minimum absolute atomic E-state index is 0.167. The number of rotatable bonds is 3. The average Bonchev–Trinajstić information content (AvgIpc) is 2.86. The molecule has 0 aromatic carbocycles. The lowest BCUT2D eigenvalue weighted by atomic mass is 10.2. The maximum Gasteiger partial charge on any atom is 0.257 e. The summed E-state index contributed by atoms with van der Waals surface area (Å²) in [6, 6.07) is 2.59. The normalized spacial score (nSPS) is 11.3. The number of H-pyrrole nitrogens is 2. The molecule has 2 aromatic heterocycles. The predicted molar refractivity (Wildman–Crippen MR) is 66.1 cm³/mol. The van der Waals surface area contributed by atoms with E-state index in [1.165, 1.54) is 18.5 Å². The highest BCUT2D eigenvalue weighted by Crippen LogP contribution is 2.11. The van der Waals surface area contributed by atoms with E-state index in [4.69, 9.17) is 10.9 Å². The molecular weight excluding hydrogens is 252 g/mol. The first-order chi connectivity index (χ1) is 9.11. The van der Waals surface area contributed by atoms with Crippen molar-refractivity contribution in [3.8, 4) is 0 Å². The van der Waals surface area contributed by atoms with Gasteiger partial charge in [0.05, 0.1) is 11.8 Å². The van der Waals surface area contributed by atoms with Crippen molar-refractivity contribution >= 4 is 17.6 Å². The van der Waals surface area contributed by atoms with Crippen LogP contribution >= 0.6 is 0 Å². The monoisotopic (exact) mass is 262 g/mol. The standard InChI is InChI=1S/C10H10N6O3/c11-8(16-19)6-4-13-15-9(6)14-10(18)5-1-2-12-7(17)3-5/h1-4,19H,(H2,11,16)(H,12,17)(H2,13,14,15,18). The van der Waals surface area contributed by atoms with Gasteiger partial charge in [0.15, 0.2) is 5.84 Å². The molecule has 0 fully saturated rings. The van der Waals surface area contributed by atoms with Crippen LogP contribution in [0.3, 0.4) is 0 Å². The molecule has 0 atom stereocenters. The molecule has 2 rings (SSSR count). The number of hydrogen-bond acceptors (Lipinski definition) is 5. The smallest absolute Gasteiger partial charge is 0.257 e. The number of amides is 1. The van der Waals surface area contributed by atoms with Gasteiger partial charge in [-0.1, -0.05) is 5.16 Å². The van der Waals surface area contributed by atoms with Gasteiger partial charge in [-0.05, 0) is 6.07 Å². The summed E-state index contributed by atoms with van der Waals surface area (Å²) >= 11 is 0. The third kappa shape index (κ3) is 2.60. The highest BCUT2D eigenvalue weighted by molar-refractivity contribution is 6.08. The van der Waals surface area contributed by atoms with E-state index < -0.39 is 11.5 Å². The minimum Gasteiger partial charge on any atom is -0.409 e. The quantitative estimate of drug-likeness (QED) is 0.217. The number of nitrogens with zero attached hydrogens (tertiary/aromatic N) is 2.